The van der Waals surface area contributed by atoms with Gasteiger partial charge in [0.15, 0.2) is 0 Å². The Kier molecular flexibility index (Phi) is 4.30. The molecule has 1 heterocycles. The minimum Gasteiger partial charge on any atom is -0.458 e. The van der Waals surface area contributed by atoms with Gasteiger partial charge in [-0.2, -0.15) is 0 Å². The summed E-state index contributed by atoms with van der Waals surface area (Å²) in [6, 6.07) is 15.4. The molecule has 2 aromatic carbocycles. The molecule has 3 aromatic rings. The molecule has 0 saturated carbocycles. The van der Waals surface area contributed by atoms with Gasteiger partial charge in [-0.25, -0.2) is 0 Å². The van der Waals surface area contributed by atoms with Crippen LogP contribution in [-0.4, -0.2) is 7.05 Å². The van der Waals surface area contributed by atoms with E-state index in [4.69, 9.17) is 4.42 Å². The molecule has 3 rings (SSSR count). The zero-order chi connectivity index (χ0) is 16.4. The molecule has 0 aliphatic carbocycles. The summed E-state index contributed by atoms with van der Waals surface area (Å²) in [6.07, 6.45) is 0.844. The Labute approximate surface area is 136 Å². The highest BCUT2D eigenvalue weighted by molar-refractivity contribution is 5.83. The summed E-state index contributed by atoms with van der Waals surface area (Å²) < 4.78 is 6.15. The van der Waals surface area contributed by atoms with Gasteiger partial charge in [0, 0.05) is 0 Å². The van der Waals surface area contributed by atoms with Crippen molar-refractivity contribution in [2.45, 2.75) is 26.3 Å². The van der Waals surface area contributed by atoms with E-state index in [1.165, 1.54) is 0 Å². The SMILES string of the molecule is CCC(NC)c1oc2ccccc2c(=O)c1-c1cccc(C)c1. The number of hydrogen-bond donors (Lipinski definition) is 1. The van der Waals surface area contributed by atoms with Crippen molar-refractivity contribution in [2.24, 2.45) is 0 Å². The maximum atomic E-state index is 13.1. The lowest BCUT2D eigenvalue weighted by Crippen LogP contribution is -2.20. The summed E-state index contributed by atoms with van der Waals surface area (Å²) in [6.45, 7) is 4.11. The third-order valence-electron chi connectivity index (χ3n) is 4.21. The van der Waals surface area contributed by atoms with Crippen LogP contribution in [0.2, 0.25) is 0 Å². The van der Waals surface area contributed by atoms with Crippen LogP contribution in [0.4, 0.5) is 0 Å². The molecule has 0 aliphatic heterocycles. The zero-order valence-corrected chi connectivity index (χ0v) is 13.7. The van der Waals surface area contributed by atoms with Gasteiger partial charge in [-0.05, 0) is 38.1 Å². The minimum absolute atomic E-state index is 0.00261. The van der Waals surface area contributed by atoms with Crippen molar-refractivity contribution in [3.8, 4) is 11.1 Å². The molecular weight excluding hydrogens is 286 g/mol. The number of hydrogen-bond acceptors (Lipinski definition) is 3. The molecule has 0 radical (unpaired) electrons. The predicted octanol–water partition coefficient (Wildman–Crippen LogP) is 4.44. The number of benzene rings is 2. The molecule has 1 aromatic heterocycles. The van der Waals surface area contributed by atoms with E-state index >= 15 is 0 Å². The Morgan fingerprint density at radius 1 is 1.13 bits per heavy atom. The first-order valence-electron chi connectivity index (χ1n) is 7.95. The quantitative estimate of drug-likeness (QED) is 0.775. The standard InChI is InChI=1S/C20H21NO2/c1-4-16(21-3)20-18(14-9-7-8-13(2)12-14)19(22)15-10-5-6-11-17(15)23-20/h5-12,16,21H,4H2,1-3H3. The zero-order valence-electron chi connectivity index (χ0n) is 13.7. The van der Waals surface area contributed by atoms with Crippen molar-refractivity contribution in [3.63, 3.8) is 0 Å². The molecule has 0 saturated heterocycles. The normalized spacial score (nSPS) is 12.5. The van der Waals surface area contributed by atoms with Crippen molar-refractivity contribution >= 4 is 11.0 Å². The average Bonchev–Trinajstić information content (AvgIpc) is 2.56. The van der Waals surface area contributed by atoms with Gasteiger partial charge in [-0.15, -0.1) is 0 Å². The summed E-state index contributed by atoms with van der Waals surface area (Å²) in [4.78, 5) is 13.1. The number of rotatable bonds is 4. The molecule has 0 amide bonds. The fraction of sp³-hybridized carbons (Fsp3) is 0.250. The van der Waals surface area contributed by atoms with Gasteiger partial charge in [0.25, 0.3) is 0 Å². The van der Waals surface area contributed by atoms with Gasteiger partial charge in [-0.1, -0.05) is 48.9 Å². The molecular formula is C20H21NO2. The second kappa shape index (κ2) is 6.39. The van der Waals surface area contributed by atoms with Crippen molar-refractivity contribution in [1.82, 2.24) is 5.32 Å². The first kappa shape index (κ1) is 15.5. The maximum absolute atomic E-state index is 13.1. The van der Waals surface area contributed by atoms with Gasteiger partial charge in [0.05, 0.1) is 17.0 Å². The van der Waals surface area contributed by atoms with Crippen LogP contribution in [0.15, 0.2) is 57.7 Å². The largest absolute Gasteiger partial charge is 0.458 e. The molecule has 3 heteroatoms. The monoisotopic (exact) mass is 307 g/mol. The van der Waals surface area contributed by atoms with E-state index in [0.29, 0.717) is 22.3 Å². The molecule has 0 aliphatic rings. The van der Waals surface area contributed by atoms with Gasteiger partial charge in [0.2, 0.25) is 5.43 Å². The number of aryl methyl sites for hydroxylation is 1. The third kappa shape index (κ3) is 2.80. The average molecular weight is 307 g/mol. The Hall–Kier alpha value is -2.39. The van der Waals surface area contributed by atoms with Gasteiger partial charge >= 0.3 is 0 Å². The molecule has 0 fully saturated rings. The highest BCUT2D eigenvalue weighted by atomic mass is 16.3. The van der Waals surface area contributed by atoms with Crippen LogP contribution in [0, 0.1) is 6.92 Å². The lowest BCUT2D eigenvalue weighted by Gasteiger charge is -2.18. The molecule has 0 bridgehead atoms. The first-order chi connectivity index (χ1) is 11.2. The topological polar surface area (TPSA) is 42.2 Å². The molecule has 3 nitrogen and oxygen atoms in total. The van der Waals surface area contributed by atoms with E-state index in [1.807, 2.05) is 62.5 Å². The highest BCUT2D eigenvalue weighted by Gasteiger charge is 2.21. The van der Waals surface area contributed by atoms with E-state index in [1.54, 1.807) is 0 Å². The smallest absolute Gasteiger partial charge is 0.200 e. The Balaban J connectivity index is 2.39. The van der Waals surface area contributed by atoms with E-state index in [2.05, 4.69) is 12.2 Å². The van der Waals surface area contributed by atoms with Crippen molar-refractivity contribution in [2.75, 3.05) is 7.05 Å². The van der Waals surface area contributed by atoms with Crippen molar-refractivity contribution in [1.29, 1.82) is 0 Å². The van der Waals surface area contributed by atoms with Gasteiger partial charge in [0.1, 0.15) is 11.3 Å². The van der Waals surface area contributed by atoms with Gasteiger partial charge < -0.3 is 9.73 Å². The molecule has 118 valence electrons. The molecule has 1 atom stereocenters. The predicted molar refractivity (Wildman–Crippen MR) is 94.7 cm³/mol. The maximum Gasteiger partial charge on any atom is 0.200 e. The molecule has 23 heavy (non-hydrogen) atoms. The minimum atomic E-state index is 0.00261. The summed E-state index contributed by atoms with van der Waals surface area (Å²) in [5.74, 6) is 0.712. The van der Waals surface area contributed by atoms with Crippen LogP contribution in [0.1, 0.15) is 30.7 Å². The molecule has 0 spiro atoms. The summed E-state index contributed by atoms with van der Waals surface area (Å²) in [7, 11) is 1.89. The lowest BCUT2D eigenvalue weighted by molar-refractivity contribution is 0.438. The fourth-order valence-electron chi connectivity index (χ4n) is 3.00. The van der Waals surface area contributed by atoms with Crippen LogP contribution >= 0.6 is 0 Å². The lowest BCUT2D eigenvalue weighted by atomic mass is 9.96. The second-order valence-corrected chi connectivity index (χ2v) is 5.79. The summed E-state index contributed by atoms with van der Waals surface area (Å²) in [5.41, 5.74) is 3.36. The number of fused-ring (bicyclic) bond motifs is 1. The van der Waals surface area contributed by atoms with E-state index in [0.717, 1.165) is 17.5 Å². The fourth-order valence-corrected chi connectivity index (χ4v) is 3.00. The number of nitrogens with one attached hydrogen (secondary N) is 1. The molecule has 1 unspecified atom stereocenters. The first-order valence-corrected chi connectivity index (χ1v) is 7.95. The van der Waals surface area contributed by atoms with Crippen LogP contribution in [-0.2, 0) is 0 Å². The second-order valence-electron chi connectivity index (χ2n) is 5.79. The van der Waals surface area contributed by atoms with Crippen LogP contribution in [0.25, 0.3) is 22.1 Å². The number of para-hydroxylation sites is 1. The summed E-state index contributed by atoms with van der Waals surface area (Å²) in [5, 5.41) is 3.88. The van der Waals surface area contributed by atoms with E-state index < -0.39 is 0 Å². The molecule has 1 N–H and O–H groups in total. The van der Waals surface area contributed by atoms with Crippen molar-refractivity contribution < 1.29 is 4.42 Å². The van der Waals surface area contributed by atoms with Crippen LogP contribution in [0.3, 0.4) is 0 Å². The van der Waals surface area contributed by atoms with E-state index in [9.17, 15) is 4.79 Å². The van der Waals surface area contributed by atoms with Crippen molar-refractivity contribution in [3.05, 3.63) is 70.1 Å². The third-order valence-corrected chi connectivity index (χ3v) is 4.21. The Morgan fingerprint density at radius 2 is 1.91 bits per heavy atom. The highest BCUT2D eigenvalue weighted by Crippen LogP contribution is 2.30. The summed E-state index contributed by atoms with van der Waals surface area (Å²) >= 11 is 0. The van der Waals surface area contributed by atoms with Crippen LogP contribution < -0.4 is 10.7 Å². The van der Waals surface area contributed by atoms with Gasteiger partial charge in [-0.3, -0.25) is 4.79 Å². The Bertz CT molecular complexity index is 892. The van der Waals surface area contributed by atoms with E-state index in [-0.39, 0.29) is 11.5 Å². The Morgan fingerprint density at radius 3 is 2.61 bits per heavy atom. The van der Waals surface area contributed by atoms with Crippen LogP contribution in [0.5, 0.6) is 0 Å².